The van der Waals surface area contributed by atoms with Gasteiger partial charge in [-0.15, -0.1) is 0 Å². The van der Waals surface area contributed by atoms with E-state index >= 15 is 0 Å². The molecular formula is C33H45O3P. The smallest absolute Gasteiger partial charge is 0.408 e. The Morgan fingerprint density at radius 2 is 0.757 bits per heavy atom. The monoisotopic (exact) mass is 520 g/mol. The summed E-state index contributed by atoms with van der Waals surface area (Å²) in [6.45, 7) is 19.7. The minimum atomic E-state index is -1.75. The lowest BCUT2D eigenvalue weighted by Gasteiger charge is -2.24. The van der Waals surface area contributed by atoms with Crippen molar-refractivity contribution in [1.82, 2.24) is 0 Å². The predicted octanol–water partition coefficient (Wildman–Crippen LogP) is 10.5. The van der Waals surface area contributed by atoms with Crippen molar-refractivity contribution in [3.8, 4) is 17.2 Å². The summed E-state index contributed by atoms with van der Waals surface area (Å²) in [7, 11) is -1.75. The van der Waals surface area contributed by atoms with E-state index in [9.17, 15) is 0 Å². The van der Waals surface area contributed by atoms with Crippen LogP contribution in [-0.2, 0) is 19.3 Å². The van der Waals surface area contributed by atoms with E-state index in [1.165, 1.54) is 33.4 Å². The van der Waals surface area contributed by atoms with Crippen LogP contribution in [0.25, 0.3) is 0 Å². The summed E-state index contributed by atoms with van der Waals surface area (Å²) in [5, 5.41) is 0. The molecule has 0 saturated carbocycles. The molecule has 0 aliphatic rings. The summed E-state index contributed by atoms with van der Waals surface area (Å²) in [6, 6.07) is 19.4. The SMILES string of the molecule is CCc1ccc(OP(Oc2ccc(CC)cc2C(C)C)Oc2ccc(CC)cc2C(C)C)c(C(C)C)c1. The van der Waals surface area contributed by atoms with E-state index in [4.69, 9.17) is 13.6 Å². The Balaban J connectivity index is 2.05. The second kappa shape index (κ2) is 13.3. The van der Waals surface area contributed by atoms with E-state index in [0.717, 1.165) is 36.5 Å². The van der Waals surface area contributed by atoms with E-state index in [2.05, 4.69) is 117 Å². The van der Waals surface area contributed by atoms with E-state index in [-0.39, 0.29) is 0 Å². The Bertz CT molecular complexity index is 1020. The van der Waals surface area contributed by atoms with Crippen molar-refractivity contribution in [3.05, 3.63) is 88.0 Å². The number of rotatable bonds is 12. The lowest BCUT2D eigenvalue weighted by molar-refractivity contribution is 0.381. The maximum absolute atomic E-state index is 6.62. The van der Waals surface area contributed by atoms with Gasteiger partial charge in [0, 0.05) is 0 Å². The maximum Gasteiger partial charge on any atom is 0.530 e. The molecule has 3 rings (SSSR count). The summed E-state index contributed by atoms with van der Waals surface area (Å²) in [5.41, 5.74) is 7.43. The normalized spacial score (nSPS) is 11.6. The predicted molar refractivity (Wildman–Crippen MR) is 159 cm³/mol. The second-order valence-corrected chi connectivity index (χ2v) is 11.6. The maximum atomic E-state index is 6.62. The highest BCUT2D eigenvalue weighted by molar-refractivity contribution is 7.43. The van der Waals surface area contributed by atoms with Gasteiger partial charge in [0.15, 0.2) is 0 Å². The van der Waals surface area contributed by atoms with Gasteiger partial charge in [0.05, 0.1) is 0 Å². The van der Waals surface area contributed by atoms with Gasteiger partial charge >= 0.3 is 8.60 Å². The van der Waals surface area contributed by atoms with E-state index in [0.29, 0.717) is 17.8 Å². The van der Waals surface area contributed by atoms with Gasteiger partial charge in [-0.2, -0.15) is 0 Å². The average molecular weight is 521 g/mol. The quantitative estimate of drug-likeness (QED) is 0.222. The van der Waals surface area contributed by atoms with Gasteiger partial charge in [-0.3, -0.25) is 0 Å². The zero-order chi connectivity index (χ0) is 27.1. The molecule has 3 nitrogen and oxygen atoms in total. The zero-order valence-corrected chi connectivity index (χ0v) is 25.1. The summed E-state index contributed by atoms with van der Waals surface area (Å²) in [6.07, 6.45) is 2.97. The van der Waals surface area contributed by atoms with Gasteiger partial charge in [0.1, 0.15) is 17.2 Å². The first-order valence-electron chi connectivity index (χ1n) is 13.9. The number of benzene rings is 3. The third-order valence-corrected chi connectivity index (χ3v) is 7.87. The molecule has 37 heavy (non-hydrogen) atoms. The molecule has 0 atom stereocenters. The lowest BCUT2D eigenvalue weighted by Crippen LogP contribution is -2.08. The largest absolute Gasteiger partial charge is 0.530 e. The Morgan fingerprint density at radius 1 is 0.486 bits per heavy atom. The van der Waals surface area contributed by atoms with Gasteiger partial charge in [-0.05, 0) is 88.6 Å². The van der Waals surface area contributed by atoms with Crippen molar-refractivity contribution in [2.24, 2.45) is 0 Å². The van der Waals surface area contributed by atoms with E-state index < -0.39 is 8.60 Å². The Labute approximate surface area is 226 Å². The van der Waals surface area contributed by atoms with Crippen LogP contribution in [0.2, 0.25) is 0 Å². The molecule has 4 heteroatoms. The van der Waals surface area contributed by atoms with Gasteiger partial charge in [-0.1, -0.05) is 98.7 Å². The second-order valence-electron chi connectivity index (χ2n) is 10.6. The van der Waals surface area contributed by atoms with Crippen molar-refractivity contribution >= 4 is 8.60 Å². The highest BCUT2D eigenvalue weighted by atomic mass is 31.2. The third-order valence-electron chi connectivity index (χ3n) is 6.83. The summed E-state index contributed by atoms with van der Waals surface area (Å²) < 4.78 is 19.9. The summed E-state index contributed by atoms with van der Waals surface area (Å²) >= 11 is 0. The van der Waals surface area contributed by atoms with Crippen LogP contribution in [0.3, 0.4) is 0 Å². The van der Waals surface area contributed by atoms with Crippen molar-refractivity contribution < 1.29 is 13.6 Å². The lowest BCUT2D eigenvalue weighted by atomic mass is 9.99. The summed E-state index contributed by atoms with van der Waals surface area (Å²) in [5.74, 6) is 3.44. The van der Waals surface area contributed by atoms with Crippen molar-refractivity contribution in [2.45, 2.75) is 99.3 Å². The number of hydrogen-bond donors (Lipinski definition) is 0. The molecule has 200 valence electrons. The highest BCUT2D eigenvalue weighted by Gasteiger charge is 2.26. The molecule has 0 N–H and O–H groups in total. The molecule has 0 unspecified atom stereocenters. The Kier molecular flexibility index (Phi) is 10.5. The van der Waals surface area contributed by atoms with Crippen LogP contribution in [0.5, 0.6) is 17.2 Å². The fraction of sp³-hybridized carbons (Fsp3) is 0.455. The molecule has 0 heterocycles. The van der Waals surface area contributed by atoms with Crippen LogP contribution in [0.15, 0.2) is 54.6 Å². The average Bonchev–Trinajstić information content (AvgIpc) is 2.88. The van der Waals surface area contributed by atoms with Gasteiger partial charge in [0.25, 0.3) is 0 Å². The number of aryl methyl sites for hydroxylation is 3. The molecule has 0 aliphatic heterocycles. The van der Waals surface area contributed by atoms with Gasteiger partial charge in [0.2, 0.25) is 0 Å². The molecule has 0 amide bonds. The van der Waals surface area contributed by atoms with E-state index in [1.54, 1.807) is 0 Å². The van der Waals surface area contributed by atoms with Crippen LogP contribution in [-0.4, -0.2) is 0 Å². The van der Waals surface area contributed by atoms with Crippen LogP contribution >= 0.6 is 8.60 Å². The molecule has 0 aliphatic carbocycles. The fourth-order valence-electron chi connectivity index (χ4n) is 4.35. The molecule has 0 bridgehead atoms. The van der Waals surface area contributed by atoms with Crippen LogP contribution in [0, 0.1) is 0 Å². The Morgan fingerprint density at radius 3 is 0.973 bits per heavy atom. The first-order valence-corrected chi connectivity index (χ1v) is 15.0. The summed E-state index contributed by atoms with van der Waals surface area (Å²) in [4.78, 5) is 0. The van der Waals surface area contributed by atoms with Crippen LogP contribution < -0.4 is 13.6 Å². The first kappa shape index (κ1) is 29.1. The van der Waals surface area contributed by atoms with Gasteiger partial charge < -0.3 is 13.6 Å². The van der Waals surface area contributed by atoms with Crippen molar-refractivity contribution in [2.75, 3.05) is 0 Å². The zero-order valence-electron chi connectivity index (χ0n) is 24.2. The minimum absolute atomic E-state index is 0.323. The Hall–Kier alpha value is -2.51. The van der Waals surface area contributed by atoms with Crippen molar-refractivity contribution in [3.63, 3.8) is 0 Å². The molecule has 0 aromatic heterocycles. The molecule has 3 aromatic rings. The molecule has 3 aromatic carbocycles. The fourth-order valence-corrected chi connectivity index (χ4v) is 5.45. The molecule has 0 saturated heterocycles. The van der Waals surface area contributed by atoms with Crippen LogP contribution in [0.1, 0.15) is 113 Å². The molecule has 0 radical (unpaired) electrons. The van der Waals surface area contributed by atoms with Crippen LogP contribution in [0.4, 0.5) is 0 Å². The molecule has 0 fully saturated rings. The van der Waals surface area contributed by atoms with Gasteiger partial charge in [-0.25, -0.2) is 0 Å². The third kappa shape index (κ3) is 7.51. The minimum Gasteiger partial charge on any atom is -0.408 e. The first-order chi connectivity index (χ1) is 17.7. The molecule has 0 spiro atoms. The van der Waals surface area contributed by atoms with Crippen molar-refractivity contribution in [1.29, 1.82) is 0 Å². The standard InChI is InChI=1S/C33H45O3P/c1-10-25-13-16-31(28(19-25)22(4)5)34-37(35-32-17-14-26(11-2)20-29(32)23(6)7)36-33-18-15-27(12-3)21-30(33)24(8)9/h13-24H,10-12H2,1-9H3. The number of hydrogen-bond acceptors (Lipinski definition) is 3. The van der Waals surface area contributed by atoms with E-state index in [1.807, 2.05) is 0 Å². The topological polar surface area (TPSA) is 27.7 Å². The highest BCUT2D eigenvalue weighted by Crippen LogP contribution is 2.47. The molecular weight excluding hydrogens is 475 g/mol.